The van der Waals surface area contributed by atoms with E-state index in [4.69, 9.17) is 23.7 Å². The summed E-state index contributed by atoms with van der Waals surface area (Å²) in [6.07, 6.45) is 40.1. The molecule has 0 aliphatic carbocycles. The second-order valence-electron chi connectivity index (χ2n) is 22.1. The highest BCUT2D eigenvalue weighted by molar-refractivity contribution is 9.11. The van der Waals surface area contributed by atoms with Crippen molar-refractivity contribution in [3.8, 4) is 28.7 Å². The maximum absolute atomic E-state index is 6.84. The zero-order valence-corrected chi connectivity index (χ0v) is 51.0. The molecule has 5 nitrogen and oxygen atoms in total. The molecule has 0 bridgehead atoms. The zero-order chi connectivity index (χ0) is 52.9. The van der Waals surface area contributed by atoms with E-state index in [9.17, 15) is 0 Å². The van der Waals surface area contributed by atoms with Gasteiger partial charge in [0, 0.05) is 20.1 Å². The van der Waals surface area contributed by atoms with Crippen molar-refractivity contribution in [2.45, 2.75) is 229 Å². The van der Waals surface area contributed by atoms with E-state index in [1.54, 1.807) is 0 Å². The summed E-state index contributed by atoms with van der Waals surface area (Å²) in [7, 11) is 0. The highest BCUT2D eigenvalue weighted by Crippen LogP contribution is 2.41. The lowest BCUT2D eigenvalue weighted by molar-refractivity contribution is 0.234. The highest BCUT2D eigenvalue weighted by Gasteiger charge is 2.17. The average molecular weight is 1140 g/mol. The molecule has 0 aliphatic rings. The van der Waals surface area contributed by atoms with E-state index in [2.05, 4.69) is 161 Å². The Labute approximate surface area is 465 Å². The van der Waals surface area contributed by atoms with Crippen LogP contribution in [-0.4, -0.2) is 33.0 Å². The molecule has 0 heterocycles. The Morgan fingerprint density at radius 2 is 0.699 bits per heavy atom. The van der Waals surface area contributed by atoms with E-state index in [1.165, 1.54) is 135 Å². The minimum absolute atomic E-state index is 0.587. The summed E-state index contributed by atoms with van der Waals surface area (Å²) in [5.41, 5.74) is 4.09. The van der Waals surface area contributed by atoms with Gasteiger partial charge in [0.05, 0.1) is 33.0 Å². The average Bonchev–Trinajstić information content (AvgIpc) is 3.34. The summed E-state index contributed by atoms with van der Waals surface area (Å²) in [5, 5.41) is 0. The fourth-order valence-electron chi connectivity index (χ4n) is 9.16. The minimum Gasteiger partial charge on any atom is -0.493 e. The molecule has 0 radical (unpaired) electrons. The van der Waals surface area contributed by atoms with Gasteiger partial charge >= 0.3 is 0 Å². The van der Waals surface area contributed by atoms with Crippen molar-refractivity contribution in [3.63, 3.8) is 0 Å². The van der Waals surface area contributed by atoms with Crippen molar-refractivity contribution in [2.24, 2.45) is 23.7 Å². The van der Waals surface area contributed by atoms with Crippen molar-refractivity contribution < 1.29 is 23.7 Å². The number of hydrogen-bond acceptors (Lipinski definition) is 5. The summed E-state index contributed by atoms with van der Waals surface area (Å²) in [6.45, 7) is 24.1. The second kappa shape index (κ2) is 40.4. The Morgan fingerprint density at radius 1 is 0.342 bits per heavy atom. The zero-order valence-electron chi connectivity index (χ0n) is 47.9. The lowest BCUT2D eigenvalue weighted by Gasteiger charge is -2.19. The van der Waals surface area contributed by atoms with Crippen molar-refractivity contribution in [2.75, 3.05) is 33.0 Å². The molecule has 0 saturated carbocycles. The summed E-state index contributed by atoms with van der Waals surface area (Å²) in [4.78, 5) is 0. The van der Waals surface area contributed by atoms with Crippen LogP contribution in [0.5, 0.6) is 28.7 Å². The summed E-state index contributed by atoms with van der Waals surface area (Å²) in [6, 6.07) is 15.0. The van der Waals surface area contributed by atoms with E-state index >= 15 is 0 Å². The SMILES string of the molecule is CCCCCCCCOc1cc(/C=C/c2cc(OCC[C@@H](C)CCCC(C)C)c(/C=C/c3cc(Br)cc(Br)c3)cc2OCC[C@@H](C)CCCC(C)C)cc(OCCCCCCCC)c1OCCCCCCCC. The van der Waals surface area contributed by atoms with Crippen molar-refractivity contribution in [1.82, 2.24) is 0 Å². The normalized spacial score (nSPS) is 12.7. The van der Waals surface area contributed by atoms with Gasteiger partial charge in [-0.25, -0.2) is 0 Å². The van der Waals surface area contributed by atoms with Crippen LogP contribution < -0.4 is 23.7 Å². The van der Waals surface area contributed by atoms with Crippen LogP contribution in [0.2, 0.25) is 0 Å². The number of rotatable bonds is 44. The largest absolute Gasteiger partial charge is 0.493 e. The number of ether oxygens (including phenoxy) is 5. The second-order valence-corrected chi connectivity index (χ2v) is 24.0. The third kappa shape index (κ3) is 29.8. The Bertz CT molecular complexity index is 1880. The number of hydrogen-bond donors (Lipinski definition) is 0. The van der Waals surface area contributed by atoms with Crippen LogP contribution >= 0.6 is 31.9 Å². The van der Waals surface area contributed by atoms with E-state index in [1.807, 2.05) is 0 Å². The van der Waals surface area contributed by atoms with Gasteiger partial charge < -0.3 is 23.7 Å². The monoisotopic (exact) mass is 1130 g/mol. The first-order chi connectivity index (χ1) is 35.4. The minimum atomic E-state index is 0.587. The topological polar surface area (TPSA) is 46.2 Å². The third-order valence-electron chi connectivity index (χ3n) is 13.9. The molecule has 3 aromatic carbocycles. The number of benzene rings is 3. The van der Waals surface area contributed by atoms with Gasteiger partial charge in [0.1, 0.15) is 11.5 Å². The van der Waals surface area contributed by atoms with Crippen molar-refractivity contribution in [1.29, 1.82) is 0 Å². The van der Waals surface area contributed by atoms with Crippen LogP contribution in [0.25, 0.3) is 24.3 Å². The van der Waals surface area contributed by atoms with Gasteiger partial charge in [0.2, 0.25) is 5.75 Å². The molecule has 3 rings (SSSR count). The summed E-state index contributed by atoms with van der Waals surface area (Å²) < 4.78 is 35.8. The maximum Gasteiger partial charge on any atom is 0.203 e. The first kappa shape index (κ1) is 64.4. The van der Waals surface area contributed by atoms with E-state index in [-0.39, 0.29) is 0 Å². The lowest BCUT2D eigenvalue weighted by Crippen LogP contribution is -2.08. The van der Waals surface area contributed by atoms with Gasteiger partial charge in [-0.05, 0) is 109 Å². The first-order valence-electron chi connectivity index (χ1n) is 29.7. The molecule has 412 valence electrons. The Morgan fingerprint density at radius 3 is 1.10 bits per heavy atom. The van der Waals surface area contributed by atoms with Gasteiger partial charge in [0.25, 0.3) is 0 Å². The molecule has 7 heteroatoms. The molecule has 0 fully saturated rings. The molecule has 0 spiro atoms. The number of halogens is 2. The fraction of sp³-hybridized carbons (Fsp3) is 0.667. The van der Waals surface area contributed by atoms with Gasteiger partial charge in [-0.2, -0.15) is 0 Å². The molecule has 73 heavy (non-hydrogen) atoms. The molecule has 2 atom stereocenters. The number of unbranched alkanes of at least 4 members (excludes halogenated alkanes) is 15. The standard InChI is InChI=1S/C66H104Br2O5/c1-10-13-16-19-22-25-40-69-64-47-57(48-65(70-41-26-23-20-17-14-11-2)66(64)73-42-27-24-21-18-15-12-3)35-37-59-50-62(71-43-38-54(8)32-28-30-52(4)5)58(36-34-56-45-60(67)51-61(68)46-56)49-63(59)72-44-39-55(9)33-29-31-53(6)7/h34-37,45-55H,10-33,38-44H2,1-9H3/b36-34+,37-35+/t54-,55-/m0/s1. The van der Waals surface area contributed by atoms with Crippen LogP contribution in [0, 0.1) is 23.7 Å². The van der Waals surface area contributed by atoms with Crippen LogP contribution in [0.4, 0.5) is 0 Å². The van der Waals surface area contributed by atoms with Crippen molar-refractivity contribution in [3.05, 3.63) is 73.7 Å². The van der Waals surface area contributed by atoms with E-state index < -0.39 is 0 Å². The fourth-order valence-corrected chi connectivity index (χ4v) is 10.5. The van der Waals surface area contributed by atoms with Crippen LogP contribution in [0.1, 0.15) is 252 Å². The Hall–Kier alpha value is -2.90. The van der Waals surface area contributed by atoms with Crippen LogP contribution in [0.15, 0.2) is 51.4 Å². The van der Waals surface area contributed by atoms with Crippen LogP contribution in [-0.2, 0) is 0 Å². The van der Waals surface area contributed by atoms with Crippen LogP contribution in [0.3, 0.4) is 0 Å². The smallest absolute Gasteiger partial charge is 0.203 e. The molecular formula is C66H104Br2O5. The molecule has 3 aromatic rings. The highest BCUT2D eigenvalue weighted by atomic mass is 79.9. The molecule has 0 aliphatic heterocycles. The van der Waals surface area contributed by atoms with Gasteiger partial charge in [-0.1, -0.05) is 253 Å². The van der Waals surface area contributed by atoms with Gasteiger partial charge in [-0.3, -0.25) is 0 Å². The summed E-state index contributed by atoms with van der Waals surface area (Å²) >= 11 is 7.39. The predicted molar refractivity (Wildman–Crippen MR) is 325 cm³/mol. The molecule has 0 N–H and O–H groups in total. The van der Waals surface area contributed by atoms with Gasteiger partial charge in [0.15, 0.2) is 11.5 Å². The maximum atomic E-state index is 6.84. The van der Waals surface area contributed by atoms with Gasteiger partial charge in [-0.15, -0.1) is 0 Å². The molecular weight excluding hydrogens is 1030 g/mol. The third-order valence-corrected chi connectivity index (χ3v) is 14.8. The molecule has 0 unspecified atom stereocenters. The van der Waals surface area contributed by atoms with Crippen molar-refractivity contribution >= 4 is 56.2 Å². The molecule has 0 amide bonds. The lowest BCUT2D eigenvalue weighted by atomic mass is 9.97. The Kier molecular flexibility index (Phi) is 35.6. The molecule has 0 saturated heterocycles. The first-order valence-corrected chi connectivity index (χ1v) is 31.3. The molecule has 0 aromatic heterocycles. The van der Waals surface area contributed by atoms with E-state index in [0.29, 0.717) is 44.9 Å². The summed E-state index contributed by atoms with van der Waals surface area (Å²) in [5.74, 6) is 6.65. The predicted octanol–water partition coefficient (Wildman–Crippen LogP) is 22.2. The van der Waals surface area contributed by atoms with E-state index in [0.717, 1.165) is 104 Å². The Balaban J connectivity index is 2.11. The quantitative estimate of drug-likeness (QED) is 0.0417.